The number of hydrogen-bond acceptors (Lipinski definition) is 8. The molecule has 1 unspecified atom stereocenters. The van der Waals surface area contributed by atoms with Crippen LogP contribution in [-0.4, -0.2) is 58.8 Å². The first-order valence-corrected chi connectivity index (χ1v) is 13.2. The van der Waals surface area contributed by atoms with Gasteiger partial charge in [-0.3, -0.25) is 0 Å². The summed E-state index contributed by atoms with van der Waals surface area (Å²) in [6.45, 7) is 1.09. The molecule has 1 aliphatic heterocycles. The van der Waals surface area contributed by atoms with E-state index in [9.17, 15) is 21.8 Å². The van der Waals surface area contributed by atoms with Crippen molar-refractivity contribution in [1.82, 2.24) is 9.97 Å². The molecule has 1 aliphatic rings. The molecule has 13 heteroatoms. The molecule has 1 aromatic heterocycles. The number of hydrogen-bond donors (Lipinski definition) is 1. The third kappa shape index (κ3) is 6.32. The molecule has 1 fully saturated rings. The Morgan fingerprint density at radius 3 is 2.69 bits per heavy atom. The van der Waals surface area contributed by atoms with Crippen molar-refractivity contribution in [2.24, 2.45) is 4.36 Å². The predicted octanol–water partition coefficient (Wildman–Crippen LogP) is 5.29. The van der Waals surface area contributed by atoms with Gasteiger partial charge >= 0.3 is 6.18 Å². The highest BCUT2D eigenvalue weighted by Crippen LogP contribution is 2.41. The van der Waals surface area contributed by atoms with Crippen LogP contribution in [0.5, 0.6) is 11.5 Å². The second kappa shape index (κ2) is 10.1. The highest BCUT2D eigenvalue weighted by molar-refractivity contribution is 7.92. The van der Waals surface area contributed by atoms with E-state index >= 15 is 0 Å². The number of halogens is 4. The monoisotopic (exact) mass is 528 g/mol. The zero-order valence-electron chi connectivity index (χ0n) is 19.7. The lowest BCUT2D eigenvalue weighted by molar-refractivity contribution is -0.153. The van der Waals surface area contributed by atoms with Crippen molar-refractivity contribution < 1.29 is 36.0 Å². The van der Waals surface area contributed by atoms with Gasteiger partial charge in [0.25, 0.3) is 0 Å². The van der Waals surface area contributed by atoms with Gasteiger partial charge in [-0.15, -0.1) is 0 Å². The Bertz CT molecular complexity index is 1390. The Morgan fingerprint density at radius 2 is 2.03 bits per heavy atom. The minimum atomic E-state index is -4.60. The minimum absolute atomic E-state index is 0.0746. The van der Waals surface area contributed by atoms with E-state index in [-0.39, 0.29) is 23.4 Å². The molecule has 2 aromatic carbocycles. The summed E-state index contributed by atoms with van der Waals surface area (Å²) in [5.41, 5.74) is 1.43. The van der Waals surface area contributed by atoms with Crippen molar-refractivity contribution in [1.29, 1.82) is 0 Å². The number of fused-ring (bicyclic) bond motifs is 1. The fourth-order valence-electron chi connectivity index (χ4n) is 3.71. The molecule has 3 aromatic rings. The van der Waals surface area contributed by atoms with E-state index in [0.29, 0.717) is 47.5 Å². The lowest BCUT2D eigenvalue weighted by Gasteiger charge is -2.20. The summed E-state index contributed by atoms with van der Waals surface area (Å²) in [5, 5.41) is 3.43. The van der Waals surface area contributed by atoms with Gasteiger partial charge in [0.05, 0.1) is 24.4 Å². The van der Waals surface area contributed by atoms with E-state index in [2.05, 4.69) is 19.6 Å². The van der Waals surface area contributed by atoms with Crippen LogP contribution in [0.1, 0.15) is 12.0 Å². The number of benzene rings is 2. The summed E-state index contributed by atoms with van der Waals surface area (Å²) in [6, 6.07) is 4.81. The molecule has 1 N–H and O–H groups in total. The number of alkyl halides is 3. The van der Waals surface area contributed by atoms with Crippen molar-refractivity contribution in [3.05, 3.63) is 42.0 Å². The quantitative estimate of drug-likeness (QED) is 0.417. The van der Waals surface area contributed by atoms with Gasteiger partial charge in [0.2, 0.25) is 0 Å². The second-order valence-electron chi connectivity index (χ2n) is 8.51. The molecule has 0 bridgehead atoms. The van der Waals surface area contributed by atoms with Crippen LogP contribution in [0.4, 0.5) is 34.8 Å². The van der Waals surface area contributed by atoms with Crippen LogP contribution >= 0.6 is 0 Å². The van der Waals surface area contributed by atoms with Crippen LogP contribution in [0.15, 0.2) is 35.0 Å². The fraction of sp³-hybridized carbons (Fsp3) is 0.391. The van der Waals surface area contributed by atoms with Crippen molar-refractivity contribution in [3.8, 4) is 11.5 Å². The van der Waals surface area contributed by atoms with Gasteiger partial charge in [0.15, 0.2) is 6.61 Å². The smallest absolute Gasteiger partial charge is 0.422 e. The van der Waals surface area contributed by atoms with Gasteiger partial charge in [-0.25, -0.2) is 18.6 Å². The largest absolute Gasteiger partial charge is 0.485 e. The molecule has 194 valence electrons. The standard InChI is InChI=1S/C23H24F4N4O4S/c1-13-20-17(9-18(31-36(2,3)32)21(13)35-15-6-7-33-10-15)28-12-29-22(20)30-16-5-4-14(24)8-19(16)34-11-23(25,26)27/h4-5,8-9,12,15H,6-7,10-11H2,1-3H3,(H,28,29,30). The predicted molar refractivity (Wildman–Crippen MR) is 127 cm³/mol. The minimum Gasteiger partial charge on any atom is -0.485 e. The first-order valence-electron chi connectivity index (χ1n) is 10.9. The fourth-order valence-corrected chi connectivity index (χ4v) is 4.32. The lowest BCUT2D eigenvalue weighted by atomic mass is 10.1. The number of ether oxygens (including phenoxy) is 3. The molecular weight excluding hydrogens is 504 g/mol. The number of aryl methyl sites for hydroxylation is 1. The van der Waals surface area contributed by atoms with E-state index in [0.717, 1.165) is 12.1 Å². The highest BCUT2D eigenvalue weighted by Gasteiger charge is 2.29. The molecule has 36 heavy (non-hydrogen) atoms. The maximum Gasteiger partial charge on any atom is 0.422 e. The van der Waals surface area contributed by atoms with Crippen LogP contribution in [0.2, 0.25) is 0 Å². The van der Waals surface area contributed by atoms with Gasteiger partial charge in [-0.1, -0.05) is 0 Å². The van der Waals surface area contributed by atoms with Crippen LogP contribution in [0.3, 0.4) is 0 Å². The Balaban J connectivity index is 1.82. The van der Waals surface area contributed by atoms with Crippen LogP contribution in [0.25, 0.3) is 10.9 Å². The van der Waals surface area contributed by atoms with Gasteiger partial charge in [-0.2, -0.15) is 17.5 Å². The van der Waals surface area contributed by atoms with E-state index in [1.807, 2.05) is 0 Å². The number of rotatable bonds is 7. The van der Waals surface area contributed by atoms with Gasteiger partial charge < -0.3 is 19.5 Å². The molecule has 1 atom stereocenters. The molecule has 2 heterocycles. The number of nitrogens with zero attached hydrogens (tertiary/aromatic N) is 3. The third-order valence-electron chi connectivity index (χ3n) is 5.18. The molecular formula is C23H24F4N4O4S. The SMILES string of the molecule is Cc1c(OC2CCOC2)c(N=S(C)(C)=O)cc2ncnc(Nc3ccc(F)cc3OCC(F)(F)F)c12. The molecule has 0 spiro atoms. The van der Waals surface area contributed by atoms with Crippen LogP contribution in [0, 0.1) is 12.7 Å². The summed E-state index contributed by atoms with van der Waals surface area (Å²) in [7, 11) is -2.54. The summed E-state index contributed by atoms with van der Waals surface area (Å²) >= 11 is 0. The molecule has 0 amide bonds. The van der Waals surface area contributed by atoms with Gasteiger partial charge in [-0.05, 0) is 25.1 Å². The maximum atomic E-state index is 13.8. The Labute approximate surface area is 205 Å². The van der Waals surface area contributed by atoms with Crippen LogP contribution < -0.4 is 14.8 Å². The lowest BCUT2D eigenvalue weighted by Crippen LogP contribution is -2.19. The molecule has 4 rings (SSSR count). The zero-order chi connectivity index (χ0) is 26.1. The van der Waals surface area contributed by atoms with E-state index in [4.69, 9.17) is 14.2 Å². The summed E-state index contributed by atoms with van der Waals surface area (Å²) in [6.07, 6.45) is 0.0814. The Hall–Kier alpha value is -3.19. The highest BCUT2D eigenvalue weighted by atomic mass is 32.2. The van der Waals surface area contributed by atoms with Crippen molar-refractivity contribution in [3.63, 3.8) is 0 Å². The summed E-state index contributed by atoms with van der Waals surface area (Å²) in [5.74, 6) is -0.488. The van der Waals surface area contributed by atoms with Crippen molar-refractivity contribution in [2.75, 3.05) is 37.6 Å². The van der Waals surface area contributed by atoms with Crippen LogP contribution in [-0.2, 0) is 14.5 Å². The van der Waals surface area contributed by atoms with Gasteiger partial charge in [0.1, 0.15) is 41.3 Å². The summed E-state index contributed by atoms with van der Waals surface area (Å²) < 4.78 is 85.2. The molecule has 1 saturated heterocycles. The second-order valence-corrected chi connectivity index (χ2v) is 11.1. The van der Waals surface area contributed by atoms with Crippen molar-refractivity contribution in [2.45, 2.75) is 25.6 Å². The normalized spacial score (nSPS) is 16.2. The average molecular weight is 529 g/mol. The van der Waals surface area contributed by atoms with Crippen molar-refractivity contribution >= 4 is 37.8 Å². The first kappa shape index (κ1) is 25.9. The van der Waals surface area contributed by atoms with E-state index in [1.165, 1.54) is 24.9 Å². The number of aromatic nitrogens is 2. The van der Waals surface area contributed by atoms with Gasteiger partial charge in [0, 0.05) is 45.7 Å². The molecule has 0 radical (unpaired) electrons. The summed E-state index contributed by atoms with van der Waals surface area (Å²) in [4.78, 5) is 8.54. The Kier molecular flexibility index (Phi) is 7.23. The topological polar surface area (TPSA) is 94.9 Å². The van der Waals surface area contributed by atoms with E-state index in [1.54, 1.807) is 13.0 Å². The maximum absolute atomic E-state index is 13.8. The molecule has 8 nitrogen and oxygen atoms in total. The average Bonchev–Trinajstić information content (AvgIpc) is 3.28. The third-order valence-corrected chi connectivity index (χ3v) is 5.81. The molecule has 0 aliphatic carbocycles. The number of nitrogens with one attached hydrogen (secondary N) is 1. The molecule has 0 saturated carbocycles. The first-order chi connectivity index (χ1) is 16.9. The zero-order valence-corrected chi connectivity index (χ0v) is 20.5. The van der Waals surface area contributed by atoms with E-state index < -0.39 is 28.3 Å². The number of anilines is 2. The Morgan fingerprint density at radius 1 is 1.25 bits per heavy atom.